The summed E-state index contributed by atoms with van der Waals surface area (Å²) in [5.74, 6) is -0.376. The number of nitrogens with one attached hydrogen (secondary N) is 2. The number of hydrogen-bond donors (Lipinski definition) is 3. The van der Waals surface area contributed by atoms with Crippen molar-refractivity contribution in [1.82, 2.24) is 30.8 Å². The number of aromatic hydroxyl groups is 1. The highest BCUT2D eigenvalue weighted by Gasteiger charge is 2.26. The van der Waals surface area contributed by atoms with E-state index < -0.39 is 17.2 Å². The Labute approximate surface area is 158 Å². The number of thioether (sulfide) groups is 1. The minimum atomic E-state index is -0.745. The van der Waals surface area contributed by atoms with Gasteiger partial charge in [-0.1, -0.05) is 42.1 Å². The predicted octanol–water partition coefficient (Wildman–Crippen LogP) is 1.66. The third-order valence-electron chi connectivity index (χ3n) is 3.56. The number of carbonyl (C=O) groups is 2. The molecule has 3 amide bonds. The molecule has 10 heteroatoms. The fourth-order valence-corrected chi connectivity index (χ4v) is 3.25. The number of rotatable bonds is 5. The van der Waals surface area contributed by atoms with Crippen molar-refractivity contribution in [2.45, 2.75) is 10.4 Å². The molecule has 1 atom stereocenters. The Balaban J connectivity index is 1.91. The van der Waals surface area contributed by atoms with Gasteiger partial charge < -0.3 is 10.4 Å². The first-order chi connectivity index (χ1) is 13.1. The van der Waals surface area contributed by atoms with Gasteiger partial charge in [-0.05, 0) is 40.3 Å². The number of phenolic OH excluding ortho intramolecular Hbond substituents is 1. The van der Waals surface area contributed by atoms with Gasteiger partial charge in [0.25, 0.3) is 0 Å². The second-order valence-corrected chi connectivity index (χ2v) is 6.44. The molecule has 0 saturated carbocycles. The van der Waals surface area contributed by atoms with Gasteiger partial charge in [0.1, 0.15) is 11.0 Å². The van der Waals surface area contributed by atoms with Crippen molar-refractivity contribution in [3.63, 3.8) is 0 Å². The van der Waals surface area contributed by atoms with E-state index in [1.165, 1.54) is 23.9 Å². The third-order valence-corrected chi connectivity index (χ3v) is 4.75. The quantitative estimate of drug-likeness (QED) is 0.572. The van der Waals surface area contributed by atoms with Crippen LogP contribution in [0, 0.1) is 0 Å². The van der Waals surface area contributed by atoms with Gasteiger partial charge >= 0.3 is 6.03 Å². The Morgan fingerprint density at radius 3 is 2.48 bits per heavy atom. The Bertz CT molecular complexity index is 929. The topological polar surface area (TPSA) is 122 Å². The first-order valence-electron chi connectivity index (χ1n) is 7.90. The number of tetrazole rings is 1. The van der Waals surface area contributed by atoms with Crippen LogP contribution in [0.4, 0.5) is 4.79 Å². The van der Waals surface area contributed by atoms with Crippen molar-refractivity contribution in [2.75, 3.05) is 7.05 Å². The summed E-state index contributed by atoms with van der Waals surface area (Å²) in [6.07, 6.45) is 0. The Hall–Kier alpha value is -3.40. The number of imide groups is 1. The average Bonchev–Trinajstić information content (AvgIpc) is 3.15. The molecule has 3 N–H and O–H groups in total. The normalized spacial score (nSPS) is 11.6. The van der Waals surface area contributed by atoms with Crippen LogP contribution < -0.4 is 10.6 Å². The molecule has 0 aliphatic heterocycles. The van der Waals surface area contributed by atoms with Gasteiger partial charge in [0.15, 0.2) is 0 Å². The maximum Gasteiger partial charge on any atom is 0.321 e. The van der Waals surface area contributed by atoms with E-state index in [4.69, 9.17) is 0 Å². The zero-order valence-electron chi connectivity index (χ0n) is 14.2. The van der Waals surface area contributed by atoms with Crippen LogP contribution in [0.25, 0.3) is 5.69 Å². The molecule has 1 aromatic heterocycles. The predicted molar refractivity (Wildman–Crippen MR) is 98.5 cm³/mol. The molecule has 3 rings (SSSR count). The van der Waals surface area contributed by atoms with Crippen LogP contribution in [0.15, 0.2) is 59.8 Å². The molecule has 138 valence electrons. The molecule has 0 radical (unpaired) electrons. The minimum absolute atomic E-state index is 0.119. The second-order valence-electron chi connectivity index (χ2n) is 5.37. The summed E-state index contributed by atoms with van der Waals surface area (Å²) < 4.78 is 1.45. The molecule has 1 heterocycles. The molecule has 3 aromatic rings. The fourth-order valence-electron chi connectivity index (χ4n) is 2.25. The van der Waals surface area contributed by atoms with Crippen LogP contribution in [-0.2, 0) is 4.79 Å². The van der Waals surface area contributed by atoms with E-state index in [1.54, 1.807) is 36.4 Å². The lowest BCUT2D eigenvalue weighted by Gasteiger charge is -2.15. The van der Waals surface area contributed by atoms with Gasteiger partial charge in [-0.2, -0.15) is 4.68 Å². The van der Waals surface area contributed by atoms with Gasteiger partial charge in [-0.15, -0.1) is 5.10 Å². The molecule has 0 spiro atoms. The summed E-state index contributed by atoms with van der Waals surface area (Å²) in [4.78, 5) is 24.2. The minimum Gasteiger partial charge on any atom is -0.508 e. The Kier molecular flexibility index (Phi) is 5.67. The highest BCUT2D eigenvalue weighted by atomic mass is 32.2. The van der Waals surface area contributed by atoms with E-state index in [1.807, 2.05) is 6.07 Å². The van der Waals surface area contributed by atoms with E-state index in [0.717, 1.165) is 11.8 Å². The van der Waals surface area contributed by atoms with Crippen LogP contribution >= 0.6 is 11.8 Å². The summed E-state index contributed by atoms with van der Waals surface area (Å²) in [7, 11) is 1.43. The van der Waals surface area contributed by atoms with Crippen molar-refractivity contribution >= 4 is 23.7 Å². The van der Waals surface area contributed by atoms with Gasteiger partial charge in [-0.3, -0.25) is 10.1 Å². The molecule has 2 aromatic carbocycles. The van der Waals surface area contributed by atoms with Crippen molar-refractivity contribution in [3.8, 4) is 11.4 Å². The highest BCUT2D eigenvalue weighted by Crippen LogP contribution is 2.35. The monoisotopic (exact) mass is 384 g/mol. The lowest BCUT2D eigenvalue weighted by atomic mass is 10.1. The van der Waals surface area contributed by atoms with E-state index in [2.05, 4.69) is 26.2 Å². The fraction of sp³-hybridized carbons (Fsp3) is 0.118. The zero-order chi connectivity index (χ0) is 19.2. The maximum absolute atomic E-state index is 12.6. The summed E-state index contributed by atoms with van der Waals surface area (Å²) in [6.45, 7) is 0. The molecule has 27 heavy (non-hydrogen) atoms. The van der Waals surface area contributed by atoms with Crippen LogP contribution in [0.3, 0.4) is 0 Å². The SMILES string of the molecule is CNC(=O)NC(=O)[C@H](Sc1nnnn1-c1ccc(O)cc1)c1ccccc1. The Morgan fingerprint density at radius 1 is 1.11 bits per heavy atom. The van der Waals surface area contributed by atoms with Gasteiger partial charge in [-0.25, -0.2) is 4.79 Å². The first-order valence-corrected chi connectivity index (χ1v) is 8.78. The zero-order valence-corrected chi connectivity index (χ0v) is 15.1. The Morgan fingerprint density at radius 2 is 1.81 bits per heavy atom. The number of carbonyl (C=O) groups excluding carboxylic acids is 2. The molecule has 0 aliphatic rings. The second kappa shape index (κ2) is 8.32. The number of urea groups is 1. The number of benzene rings is 2. The van der Waals surface area contributed by atoms with Crippen molar-refractivity contribution in [3.05, 3.63) is 60.2 Å². The van der Waals surface area contributed by atoms with Crippen LogP contribution in [0.1, 0.15) is 10.8 Å². The largest absolute Gasteiger partial charge is 0.508 e. The van der Waals surface area contributed by atoms with Crippen molar-refractivity contribution < 1.29 is 14.7 Å². The number of hydrogen-bond acceptors (Lipinski definition) is 7. The van der Waals surface area contributed by atoms with E-state index in [9.17, 15) is 14.7 Å². The molecular formula is C17H16N6O3S. The standard InChI is InChI=1S/C17H16N6O3S/c1-18-16(26)19-15(25)14(11-5-3-2-4-6-11)27-17-20-21-22-23(17)12-7-9-13(24)10-8-12/h2-10,14,24H,1H3,(H2,18,19,25,26)/t14-/m1/s1. The number of amides is 3. The molecule has 0 fully saturated rings. The van der Waals surface area contributed by atoms with Gasteiger partial charge in [0.2, 0.25) is 11.1 Å². The highest BCUT2D eigenvalue weighted by molar-refractivity contribution is 8.00. The van der Waals surface area contributed by atoms with Crippen molar-refractivity contribution in [2.24, 2.45) is 0 Å². The van der Waals surface area contributed by atoms with Crippen LogP contribution in [0.2, 0.25) is 0 Å². The third kappa shape index (κ3) is 4.42. The van der Waals surface area contributed by atoms with E-state index >= 15 is 0 Å². The molecule has 9 nitrogen and oxygen atoms in total. The average molecular weight is 384 g/mol. The number of nitrogens with zero attached hydrogens (tertiary/aromatic N) is 4. The summed E-state index contributed by atoms with van der Waals surface area (Å²) in [5, 5.41) is 25.3. The van der Waals surface area contributed by atoms with E-state index in [-0.39, 0.29) is 5.75 Å². The van der Waals surface area contributed by atoms with Gasteiger partial charge in [0.05, 0.1) is 5.69 Å². The summed E-state index contributed by atoms with van der Waals surface area (Å²) in [6, 6.07) is 14.7. The van der Waals surface area contributed by atoms with Crippen LogP contribution in [-0.4, -0.2) is 44.3 Å². The maximum atomic E-state index is 12.6. The van der Waals surface area contributed by atoms with Gasteiger partial charge in [0, 0.05) is 7.05 Å². The number of phenols is 1. The lowest BCUT2D eigenvalue weighted by Crippen LogP contribution is -2.39. The smallest absolute Gasteiger partial charge is 0.321 e. The van der Waals surface area contributed by atoms with Crippen LogP contribution in [0.5, 0.6) is 5.75 Å². The molecule has 0 saturated heterocycles. The lowest BCUT2D eigenvalue weighted by molar-refractivity contribution is -0.119. The molecule has 0 bridgehead atoms. The summed E-state index contributed by atoms with van der Waals surface area (Å²) >= 11 is 1.11. The molecule has 0 aliphatic carbocycles. The number of aromatic nitrogens is 4. The molecular weight excluding hydrogens is 368 g/mol. The first kappa shape index (κ1) is 18.4. The summed E-state index contributed by atoms with van der Waals surface area (Å²) in [5.41, 5.74) is 1.32. The molecule has 0 unspecified atom stereocenters. The van der Waals surface area contributed by atoms with E-state index in [0.29, 0.717) is 16.4 Å². The van der Waals surface area contributed by atoms with Crippen molar-refractivity contribution in [1.29, 1.82) is 0 Å².